The van der Waals surface area contributed by atoms with E-state index in [1.54, 1.807) is 12.1 Å². The van der Waals surface area contributed by atoms with Crippen molar-refractivity contribution < 1.29 is 13.6 Å². The first-order chi connectivity index (χ1) is 7.99. The lowest BCUT2D eigenvalue weighted by molar-refractivity contribution is 0.0988. The molecule has 17 heavy (non-hydrogen) atoms. The Morgan fingerprint density at radius 3 is 2.65 bits per heavy atom. The van der Waals surface area contributed by atoms with Crippen molar-refractivity contribution in [2.75, 3.05) is 0 Å². The van der Waals surface area contributed by atoms with Crippen LogP contribution in [0, 0.1) is 5.82 Å². The molecule has 0 aliphatic heterocycles. The van der Waals surface area contributed by atoms with E-state index in [0.717, 1.165) is 0 Å². The van der Waals surface area contributed by atoms with E-state index in [2.05, 4.69) is 15.9 Å². The van der Waals surface area contributed by atoms with Gasteiger partial charge in [0, 0.05) is 11.4 Å². The molecule has 5 heteroatoms. The van der Waals surface area contributed by atoms with Gasteiger partial charge in [0.15, 0.2) is 11.5 Å². The summed E-state index contributed by atoms with van der Waals surface area (Å²) in [5.74, 6) is 0.0499. The van der Waals surface area contributed by atoms with Crippen molar-refractivity contribution in [2.45, 2.75) is 6.92 Å². The summed E-state index contributed by atoms with van der Waals surface area (Å²) in [5, 5.41) is 0.223. The third-order valence-electron chi connectivity index (χ3n) is 2.21. The summed E-state index contributed by atoms with van der Waals surface area (Å²) in [6.45, 7) is 1.41. The Morgan fingerprint density at radius 1 is 1.41 bits per heavy atom. The van der Waals surface area contributed by atoms with Gasteiger partial charge in [0.1, 0.15) is 11.6 Å². The number of carbonyl (C=O) groups excluding carboxylic acids is 1. The van der Waals surface area contributed by atoms with Gasteiger partial charge in [-0.1, -0.05) is 11.6 Å². The van der Waals surface area contributed by atoms with Crippen LogP contribution in [0.4, 0.5) is 4.39 Å². The molecular weight excluding hydrogens is 310 g/mol. The number of halogens is 3. The number of benzene rings is 1. The van der Waals surface area contributed by atoms with E-state index < -0.39 is 5.82 Å². The molecule has 2 aromatic rings. The molecule has 0 saturated heterocycles. The Labute approximate surface area is 111 Å². The molecule has 0 radical (unpaired) electrons. The van der Waals surface area contributed by atoms with Crippen LogP contribution in [-0.4, -0.2) is 5.78 Å². The standard InChI is InChI=1S/C12H7BrClFO2/c1-6(16)10-2-3-11(17-10)12-8(13)4-7(15)5-9(12)14/h2-5H,1H3. The van der Waals surface area contributed by atoms with Crippen LogP contribution in [0.3, 0.4) is 0 Å². The lowest BCUT2D eigenvalue weighted by Crippen LogP contribution is -1.87. The maximum atomic E-state index is 13.1. The average Bonchev–Trinajstić information content (AvgIpc) is 2.65. The largest absolute Gasteiger partial charge is 0.453 e. The molecule has 1 aromatic carbocycles. The minimum absolute atomic E-state index is 0.175. The predicted octanol–water partition coefficient (Wildman–Crippen LogP) is 4.70. The second kappa shape index (κ2) is 4.63. The smallest absolute Gasteiger partial charge is 0.194 e. The zero-order valence-corrected chi connectivity index (χ0v) is 11.1. The number of Topliss-reactive ketones (excluding diaryl/α,β-unsaturated/α-hetero) is 1. The minimum Gasteiger partial charge on any atom is -0.453 e. The van der Waals surface area contributed by atoms with E-state index >= 15 is 0 Å². The molecule has 0 aliphatic rings. The van der Waals surface area contributed by atoms with Gasteiger partial charge in [0.2, 0.25) is 0 Å². The minimum atomic E-state index is -0.441. The molecule has 0 fully saturated rings. The first kappa shape index (κ1) is 12.3. The molecule has 0 unspecified atom stereocenters. The van der Waals surface area contributed by atoms with Crippen molar-refractivity contribution in [3.05, 3.63) is 45.3 Å². The second-order valence-electron chi connectivity index (χ2n) is 3.46. The van der Waals surface area contributed by atoms with Gasteiger partial charge in [0.25, 0.3) is 0 Å². The van der Waals surface area contributed by atoms with Crippen LogP contribution in [-0.2, 0) is 0 Å². The topological polar surface area (TPSA) is 30.2 Å². The van der Waals surface area contributed by atoms with Gasteiger partial charge in [0.05, 0.1) is 10.6 Å². The van der Waals surface area contributed by atoms with Crippen molar-refractivity contribution in [2.24, 2.45) is 0 Å². The van der Waals surface area contributed by atoms with Crippen LogP contribution in [0.25, 0.3) is 11.3 Å². The maximum absolute atomic E-state index is 13.1. The van der Waals surface area contributed by atoms with Crippen molar-refractivity contribution in [3.63, 3.8) is 0 Å². The molecule has 2 nitrogen and oxygen atoms in total. The third-order valence-corrected chi connectivity index (χ3v) is 3.13. The summed E-state index contributed by atoms with van der Waals surface area (Å²) in [5.41, 5.74) is 0.528. The number of rotatable bonds is 2. The zero-order valence-electron chi connectivity index (χ0n) is 8.76. The second-order valence-corrected chi connectivity index (χ2v) is 4.73. The predicted molar refractivity (Wildman–Crippen MR) is 66.8 cm³/mol. The Morgan fingerprint density at radius 2 is 2.12 bits per heavy atom. The first-order valence-corrected chi connectivity index (χ1v) is 5.92. The van der Waals surface area contributed by atoms with Gasteiger partial charge in [-0.2, -0.15) is 0 Å². The van der Waals surface area contributed by atoms with Gasteiger partial charge < -0.3 is 4.42 Å². The number of ketones is 1. The van der Waals surface area contributed by atoms with Crippen LogP contribution < -0.4 is 0 Å². The fraction of sp³-hybridized carbons (Fsp3) is 0.0833. The highest BCUT2D eigenvalue weighted by Crippen LogP contribution is 2.36. The van der Waals surface area contributed by atoms with Crippen LogP contribution in [0.5, 0.6) is 0 Å². The summed E-state index contributed by atoms with van der Waals surface area (Å²) in [7, 11) is 0. The molecule has 0 N–H and O–H groups in total. The number of hydrogen-bond acceptors (Lipinski definition) is 2. The fourth-order valence-electron chi connectivity index (χ4n) is 1.44. The summed E-state index contributed by atoms with van der Waals surface area (Å²) in [6, 6.07) is 5.67. The van der Waals surface area contributed by atoms with E-state index in [4.69, 9.17) is 16.0 Å². The van der Waals surface area contributed by atoms with Crippen LogP contribution >= 0.6 is 27.5 Å². The van der Waals surface area contributed by atoms with Crippen LogP contribution in [0.15, 0.2) is 33.2 Å². The van der Waals surface area contributed by atoms with E-state index in [1.165, 1.54) is 19.1 Å². The Bertz CT molecular complexity index is 569. The molecule has 0 amide bonds. The van der Waals surface area contributed by atoms with Crippen molar-refractivity contribution in [1.29, 1.82) is 0 Å². The van der Waals surface area contributed by atoms with Crippen LogP contribution in [0.2, 0.25) is 5.02 Å². The van der Waals surface area contributed by atoms with E-state index in [1.807, 2.05) is 0 Å². The summed E-state index contributed by atoms with van der Waals surface area (Å²) < 4.78 is 18.9. The summed E-state index contributed by atoms with van der Waals surface area (Å²) in [6.07, 6.45) is 0. The quantitative estimate of drug-likeness (QED) is 0.751. The normalized spacial score (nSPS) is 10.6. The van der Waals surface area contributed by atoms with E-state index in [0.29, 0.717) is 15.8 Å². The lowest BCUT2D eigenvalue weighted by atomic mass is 10.2. The highest BCUT2D eigenvalue weighted by Gasteiger charge is 2.15. The average molecular weight is 318 g/mol. The third kappa shape index (κ3) is 2.42. The zero-order chi connectivity index (χ0) is 12.6. The Kier molecular flexibility index (Phi) is 3.35. The molecule has 1 aromatic heterocycles. The van der Waals surface area contributed by atoms with Crippen molar-refractivity contribution >= 4 is 33.3 Å². The molecule has 2 rings (SSSR count). The molecule has 0 atom stereocenters. The fourth-order valence-corrected chi connectivity index (χ4v) is 2.48. The molecule has 0 saturated carbocycles. The Balaban J connectivity index is 2.56. The van der Waals surface area contributed by atoms with Gasteiger partial charge in [-0.25, -0.2) is 4.39 Å². The Hall–Kier alpha value is -1.13. The van der Waals surface area contributed by atoms with Gasteiger partial charge >= 0.3 is 0 Å². The summed E-state index contributed by atoms with van der Waals surface area (Å²) in [4.78, 5) is 11.1. The van der Waals surface area contributed by atoms with Gasteiger partial charge in [-0.3, -0.25) is 4.79 Å². The van der Waals surface area contributed by atoms with Gasteiger partial charge in [-0.05, 0) is 40.2 Å². The SMILES string of the molecule is CC(=O)c1ccc(-c2c(Cl)cc(F)cc2Br)o1. The highest BCUT2D eigenvalue weighted by molar-refractivity contribution is 9.10. The van der Waals surface area contributed by atoms with Crippen LogP contribution in [0.1, 0.15) is 17.5 Å². The molecule has 0 aliphatic carbocycles. The molecular formula is C12H7BrClFO2. The maximum Gasteiger partial charge on any atom is 0.194 e. The lowest BCUT2D eigenvalue weighted by Gasteiger charge is -2.04. The number of carbonyl (C=O) groups is 1. The van der Waals surface area contributed by atoms with Crippen molar-refractivity contribution in [1.82, 2.24) is 0 Å². The highest BCUT2D eigenvalue weighted by atomic mass is 79.9. The van der Waals surface area contributed by atoms with E-state index in [-0.39, 0.29) is 16.6 Å². The molecule has 0 spiro atoms. The first-order valence-electron chi connectivity index (χ1n) is 4.74. The molecule has 0 bridgehead atoms. The molecule has 88 valence electrons. The number of furan rings is 1. The molecule has 1 heterocycles. The van der Waals surface area contributed by atoms with Gasteiger partial charge in [-0.15, -0.1) is 0 Å². The van der Waals surface area contributed by atoms with E-state index in [9.17, 15) is 9.18 Å². The van der Waals surface area contributed by atoms with Crippen molar-refractivity contribution in [3.8, 4) is 11.3 Å². The summed E-state index contributed by atoms with van der Waals surface area (Å²) >= 11 is 9.15. The monoisotopic (exact) mass is 316 g/mol. The number of hydrogen-bond donors (Lipinski definition) is 0.